The van der Waals surface area contributed by atoms with E-state index in [1.54, 1.807) is 43.0 Å². The number of carbonyl (C=O) groups excluding carboxylic acids is 2. The molecule has 2 aliphatic heterocycles. The number of ether oxygens (including phenoxy) is 6. The Labute approximate surface area is 358 Å². The molecule has 0 saturated carbocycles. The van der Waals surface area contributed by atoms with Crippen LogP contribution in [0.4, 0.5) is 0 Å². The first-order chi connectivity index (χ1) is 26.4. The topological polar surface area (TPSA) is 149 Å². The third kappa shape index (κ3) is 14.8. The predicted octanol–water partition coefficient (Wildman–Crippen LogP) is 9.00. The van der Waals surface area contributed by atoms with Crippen LogP contribution in [-0.2, 0) is 47.8 Å². The molecule has 58 heavy (non-hydrogen) atoms. The average molecular weight is 878 g/mol. The Balaban J connectivity index is 0.000000301. The molecule has 2 aromatic heterocycles. The number of nitrogens with zero attached hydrogens (tertiary/aromatic N) is 2. The van der Waals surface area contributed by atoms with Crippen LogP contribution in [0.2, 0.25) is 0 Å². The van der Waals surface area contributed by atoms with E-state index in [1.165, 1.54) is 4.70 Å². The summed E-state index contributed by atoms with van der Waals surface area (Å²) in [6, 6.07) is 15.5. The van der Waals surface area contributed by atoms with Crippen molar-refractivity contribution in [1.82, 2.24) is 9.97 Å². The Kier molecular flexibility index (Phi) is 18.6. The lowest BCUT2D eigenvalue weighted by atomic mass is 10.1. The van der Waals surface area contributed by atoms with E-state index in [9.17, 15) is 18.0 Å². The van der Waals surface area contributed by atoms with Crippen LogP contribution in [0.25, 0.3) is 20.4 Å². The Hall–Kier alpha value is -2.64. The van der Waals surface area contributed by atoms with Gasteiger partial charge in [0.15, 0.2) is 15.9 Å². The van der Waals surface area contributed by atoms with E-state index in [2.05, 4.69) is 16.0 Å². The maximum Gasteiger partial charge on any atom is 0.308 e. The van der Waals surface area contributed by atoms with Gasteiger partial charge in [-0.25, -0.2) is 18.4 Å². The smallest absolute Gasteiger partial charge is 0.308 e. The van der Waals surface area contributed by atoms with Gasteiger partial charge in [0.1, 0.15) is 0 Å². The fraction of sp³-hybridized carbons (Fsp3) is 0.610. The number of benzene rings is 2. The number of para-hydroxylation sites is 2. The Morgan fingerprint density at radius 3 is 1.71 bits per heavy atom. The number of hydrogen-bond acceptors (Lipinski definition) is 15. The number of esters is 2. The van der Waals surface area contributed by atoms with E-state index >= 15 is 0 Å². The van der Waals surface area contributed by atoms with Gasteiger partial charge in [-0.05, 0) is 78.6 Å². The van der Waals surface area contributed by atoms with Crippen molar-refractivity contribution < 1.29 is 46.4 Å². The van der Waals surface area contributed by atoms with Gasteiger partial charge in [-0.15, -0.1) is 22.7 Å². The van der Waals surface area contributed by atoms with Crippen LogP contribution in [0.1, 0.15) is 101 Å². The van der Waals surface area contributed by atoms with Crippen LogP contribution < -0.4 is 0 Å². The number of aromatic nitrogens is 2. The molecule has 2 fully saturated rings. The SMILES string of the molecule is C.CCC(C)OC(=O)C[C@H]1C[C@@H](CS(=O)(=O)c2nc3ccccc3s2)OC(C)(C)O1.CCC(C)OC(=O)C[C@H]1C[C@@H](CSc2nc3ccccc3s2)OC(C)(C)O1.[B]. The van der Waals surface area contributed by atoms with Gasteiger partial charge in [-0.1, -0.05) is 57.3 Å². The first-order valence-electron chi connectivity index (χ1n) is 19.1. The van der Waals surface area contributed by atoms with E-state index in [0.717, 1.165) is 44.5 Å². The summed E-state index contributed by atoms with van der Waals surface area (Å²) in [6.45, 7) is 14.9. The van der Waals surface area contributed by atoms with E-state index in [4.69, 9.17) is 28.4 Å². The molecule has 0 N–H and O–H groups in total. The molecule has 12 nitrogen and oxygen atoms in total. The summed E-state index contributed by atoms with van der Waals surface area (Å²) in [5.74, 6) is -1.69. The van der Waals surface area contributed by atoms with Gasteiger partial charge >= 0.3 is 11.9 Å². The molecule has 319 valence electrons. The van der Waals surface area contributed by atoms with Gasteiger partial charge in [0.25, 0.3) is 0 Å². The minimum absolute atomic E-state index is 0. The van der Waals surface area contributed by atoms with Crippen LogP contribution in [-0.4, -0.2) is 98.4 Å². The molecule has 6 rings (SSSR count). The molecule has 2 saturated heterocycles. The molecule has 0 amide bonds. The molecule has 17 heteroatoms. The lowest BCUT2D eigenvalue weighted by Gasteiger charge is -2.40. The van der Waals surface area contributed by atoms with Gasteiger partial charge in [0.2, 0.25) is 14.2 Å². The van der Waals surface area contributed by atoms with E-state index in [0.29, 0.717) is 18.4 Å². The quantitative estimate of drug-likeness (QED) is 0.0674. The van der Waals surface area contributed by atoms with Crippen LogP contribution in [0.5, 0.6) is 0 Å². The van der Waals surface area contributed by atoms with E-state index in [1.807, 2.05) is 77.9 Å². The third-order valence-corrected chi connectivity index (χ3v) is 14.7. The minimum Gasteiger partial charge on any atom is -0.463 e. The fourth-order valence-electron chi connectivity index (χ4n) is 6.35. The fourth-order valence-corrected chi connectivity index (χ4v) is 11.2. The number of carbonyl (C=O) groups is 2. The molecular weight excluding hydrogens is 820 g/mol. The van der Waals surface area contributed by atoms with E-state index in [-0.39, 0.29) is 75.1 Å². The molecule has 2 aromatic carbocycles. The molecule has 3 radical (unpaired) electrons. The van der Waals surface area contributed by atoms with E-state index < -0.39 is 33.6 Å². The third-order valence-electron chi connectivity index (χ3n) is 9.07. The molecule has 2 unspecified atom stereocenters. The zero-order valence-corrected chi connectivity index (χ0v) is 37.2. The van der Waals surface area contributed by atoms with Crippen molar-refractivity contribution in [2.45, 2.75) is 158 Å². The highest BCUT2D eigenvalue weighted by atomic mass is 32.2. The van der Waals surface area contributed by atoms with Gasteiger partial charge < -0.3 is 28.4 Å². The normalized spacial score (nSPS) is 22.3. The highest BCUT2D eigenvalue weighted by Gasteiger charge is 2.40. The molecular formula is C41H58BN2O10S4. The average Bonchev–Trinajstić information content (AvgIpc) is 3.74. The summed E-state index contributed by atoms with van der Waals surface area (Å²) in [4.78, 5) is 33.2. The Morgan fingerprint density at radius 2 is 1.21 bits per heavy atom. The zero-order valence-electron chi connectivity index (χ0n) is 33.9. The highest BCUT2D eigenvalue weighted by molar-refractivity contribution is 8.01. The lowest BCUT2D eigenvalue weighted by molar-refractivity contribution is -0.296. The number of thioether (sulfide) groups is 1. The summed E-state index contributed by atoms with van der Waals surface area (Å²) < 4.78 is 63.4. The lowest BCUT2D eigenvalue weighted by Crippen LogP contribution is -2.47. The maximum absolute atomic E-state index is 12.9. The van der Waals surface area contributed by atoms with Crippen LogP contribution in [0, 0.1) is 0 Å². The molecule has 2 aliphatic rings. The molecule has 0 spiro atoms. The van der Waals surface area contributed by atoms with Gasteiger partial charge in [-0.3, -0.25) is 9.59 Å². The second kappa shape index (κ2) is 21.8. The van der Waals surface area contributed by atoms with Crippen molar-refractivity contribution in [3.8, 4) is 0 Å². The minimum atomic E-state index is -3.64. The number of fused-ring (bicyclic) bond motifs is 2. The van der Waals surface area contributed by atoms with Crippen LogP contribution >= 0.6 is 34.4 Å². The number of hydrogen-bond donors (Lipinski definition) is 0. The van der Waals surface area contributed by atoms with Crippen molar-refractivity contribution in [2.75, 3.05) is 11.5 Å². The van der Waals surface area contributed by atoms with Crippen molar-refractivity contribution in [1.29, 1.82) is 0 Å². The van der Waals surface area contributed by atoms with Gasteiger partial charge in [0.05, 0.1) is 75.7 Å². The molecule has 6 atom stereocenters. The number of sulfone groups is 1. The standard InChI is InChI=1S/C20H27NO6S2.C20H27NO4S2.CH4.B/c1-5-13(2)25-18(22)11-14-10-15(27-20(3,4)26-14)12-29(23,24)19-21-16-8-6-7-9-17(16)28-19;1-5-13(2)23-18(22)11-14-10-15(25-20(3,4)24-14)12-26-19-21-16-8-6-7-9-17(16)27-19;;/h6-9,13-15H,5,10-12H2,1-4H3;6-9,13-15H,5,10-12H2,1-4H3;1H4;/t2*13?,14-,15+;;/m11../s1. The zero-order chi connectivity index (χ0) is 40.7. The van der Waals surface area contributed by atoms with Crippen molar-refractivity contribution in [3.05, 3.63) is 48.5 Å². The van der Waals surface area contributed by atoms with Crippen LogP contribution in [0.3, 0.4) is 0 Å². The summed E-state index contributed by atoms with van der Waals surface area (Å²) in [6.07, 6.45) is 1.37. The number of thiazole rings is 2. The largest absolute Gasteiger partial charge is 0.463 e. The first kappa shape index (κ1) is 49.7. The molecule has 0 aliphatic carbocycles. The summed E-state index contributed by atoms with van der Waals surface area (Å²) in [7, 11) is -3.64. The second-order valence-electron chi connectivity index (χ2n) is 15.0. The summed E-state index contributed by atoms with van der Waals surface area (Å²) in [5, 5.41) is 0. The number of rotatable bonds is 14. The van der Waals surface area contributed by atoms with Gasteiger partial charge in [0, 0.05) is 27.0 Å². The van der Waals surface area contributed by atoms with Gasteiger partial charge in [-0.2, -0.15) is 0 Å². The second-order valence-corrected chi connectivity index (χ2v) is 20.6. The van der Waals surface area contributed by atoms with Crippen molar-refractivity contribution in [3.63, 3.8) is 0 Å². The van der Waals surface area contributed by atoms with Crippen molar-refractivity contribution in [2.24, 2.45) is 0 Å². The monoisotopic (exact) mass is 877 g/mol. The maximum atomic E-state index is 12.9. The Bertz CT molecular complexity index is 1970. The molecule has 4 heterocycles. The molecule has 4 aromatic rings. The molecule has 0 bridgehead atoms. The summed E-state index contributed by atoms with van der Waals surface area (Å²) >= 11 is 4.55. The Morgan fingerprint density at radius 1 is 0.759 bits per heavy atom. The predicted molar refractivity (Wildman–Crippen MR) is 232 cm³/mol. The van der Waals surface area contributed by atoms with Crippen molar-refractivity contribution >= 4 is 85.1 Å². The van der Waals surface area contributed by atoms with Crippen LogP contribution in [0.15, 0.2) is 57.2 Å². The first-order valence-corrected chi connectivity index (χ1v) is 23.4. The highest BCUT2D eigenvalue weighted by Crippen LogP contribution is 2.35. The summed E-state index contributed by atoms with van der Waals surface area (Å²) in [5.41, 5.74) is 1.69.